The molecular weight excluding hydrogens is 714 g/mol. The number of benzene rings is 1. The number of guanidine groups is 1. The fraction of sp³-hybridized carbons (Fsp3) is 0.694. The first-order valence-electron chi connectivity index (χ1n) is 19.0. The molecule has 0 bridgehead atoms. The van der Waals surface area contributed by atoms with Gasteiger partial charge in [0.1, 0.15) is 19.3 Å². The molecule has 1 aromatic carbocycles. The third kappa shape index (κ3) is 29.1. The van der Waals surface area contributed by atoms with Gasteiger partial charge in [0, 0.05) is 64.7 Å². The van der Waals surface area contributed by atoms with Crippen LogP contribution < -0.4 is 54.8 Å². The molecule has 314 valence electrons. The summed E-state index contributed by atoms with van der Waals surface area (Å²) in [4.78, 5) is 54.1. The van der Waals surface area contributed by atoms with Crippen LogP contribution >= 0.6 is 0 Å². The lowest BCUT2D eigenvalue weighted by molar-refractivity contribution is -0.134. The third-order valence-electron chi connectivity index (χ3n) is 7.74. The zero-order valence-corrected chi connectivity index (χ0v) is 32.5. The second-order valence-corrected chi connectivity index (χ2v) is 12.8. The van der Waals surface area contributed by atoms with Gasteiger partial charge in [0.2, 0.25) is 23.6 Å². The van der Waals surface area contributed by atoms with Crippen LogP contribution in [0.15, 0.2) is 35.3 Å². The molecule has 1 rings (SSSR count). The number of amides is 4. The van der Waals surface area contributed by atoms with Crippen molar-refractivity contribution in [1.29, 1.82) is 0 Å². The van der Waals surface area contributed by atoms with E-state index in [1.165, 1.54) is 0 Å². The number of ether oxygens (including phenoxy) is 4. The normalized spacial score (nSPS) is 12.1. The van der Waals surface area contributed by atoms with E-state index in [4.69, 9.17) is 41.9 Å². The zero-order chi connectivity index (χ0) is 40.4. The lowest BCUT2D eigenvalue weighted by atomic mass is 10.0. The zero-order valence-electron chi connectivity index (χ0n) is 32.5. The Morgan fingerprint density at radius 2 is 1.27 bits per heavy atom. The molecule has 14 N–H and O–H groups in total. The number of carbonyl (C=O) groups is 4. The summed E-state index contributed by atoms with van der Waals surface area (Å²) < 4.78 is 21.7. The van der Waals surface area contributed by atoms with Crippen molar-refractivity contribution < 1.29 is 38.1 Å². The Morgan fingerprint density at radius 3 is 1.85 bits per heavy atom. The highest BCUT2D eigenvalue weighted by atomic mass is 16.5. The van der Waals surface area contributed by atoms with Gasteiger partial charge in [-0.2, -0.15) is 0 Å². The second-order valence-electron chi connectivity index (χ2n) is 12.8. The van der Waals surface area contributed by atoms with Gasteiger partial charge in [0.15, 0.2) is 5.96 Å². The first kappa shape index (κ1) is 49.1. The van der Waals surface area contributed by atoms with Crippen LogP contribution in [0.5, 0.6) is 0 Å². The molecule has 0 aliphatic heterocycles. The third-order valence-corrected chi connectivity index (χ3v) is 7.74. The predicted molar refractivity (Wildman–Crippen MR) is 211 cm³/mol. The summed E-state index contributed by atoms with van der Waals surface area (Å²) in [5.74, 6) is -1.15. The molecule has 0 aliphatic rings. The molecular formula is C36H67N11O8. The molecule has 1 unspecified atom stereocenters. The molecule has 0 heterocycles. The van der Waals surface area contributed by atoms with E-state index in [-0.39, 0.29) is 55.9 Å². The summed E-state index contributed by atoms with van der Waals surface area (Å²) in [5.41, 5.74) is 22.6. The Bertz CT molecular complexity index is 1190. The SMILES string of the molecule is CC(CCCN=C(N)N)NC(=O)[C@H](Cc1ccccc1)NC(=O)COCC(=O)NCCOCCOCCOCCNC(=O)CC(CNCCN)CNCCN. The smallest absolute Gasteiger partial charge is 0.246 e. The second kappa shape index (κ2) is 33.4. The average Bonchev–Trinajstić information content (AvgIpc) is 3.15. The minimum absolute atomic E-state index is 0.0195. The number of nitrogens with two attached hydrogens (primary N) is 4. The van der Waals surface area contributed by atoms with E-state index in [1.54, 1.807) is 0 Å². The maximum absolute atomic E-state index is 13.1. The van der Waals surface area contributed by atoms with Gasteiger partial charge < -0.3 is 73.8 Å². The van der Waals surface area contributed by atoms with Gasteiger partial charge in [-0.05, 0) is 44.3 Å². The number of carbonyl (C=O) groups excluding carboxylic acids is 4. The van der Waals surface area contributed by atoms with Crippen LogP contribution in [-0.2, 0) is 44.5 Å². The van der Waals surface area contributed by atoms with Crippen LogP contribution in [0.1, 0.15) is 31.7 Å². The monoisotopic (exact) mass is 782 g/mol. The van der Waals surface area contributed by atoms with Gasteiger partial charge in [-0.3, -0.25) is 24.2 Å². The quantitative estimate of drug-likeness (QED) is 0.0183. The maximum Gasteiger partial charge on any atom is 0.246 e. The number of rotatable bonds is 35. The molecule has 0 aliphatic carbocycles. The molecule has 19 heteroatoms. The number of nitrogens with one attached hydrogen (secondary N) is 6. The molecule has 2 atom stereocenters. The van der Waals surface area contributed by atoms with E-state index < -0.39 is 24.5 Å². The van der Waals surface area contributed by atoms with Crippen molar-refractivity contribution in [2.24, 2.45) is 33.8 Å². The molecule has 0 aromatic heterocycles. The van der Waals surface area contributed by atoms with Crippen molar-refractivity contribution >= 4 is 29.6 Å². The van der Waals surface area contributed by atoms with Gasteiger partial charge in [-0.1, -0.05) is 30.3 Å². The highest BCUT2D eigenvalue weighted by Gasteiger charge is 2.23. The largest absolute Gasteiger partial charge is 0.377 e. The van der Waals surface area contributed by atoms with E-state index in [2.05, 4.69) is 36.9 Å². The van der Waals surface area contributed by atoms with Crippen molar-refractivity contribution in [3.63, 3.8) is 0 Å². The number of hydrogen-bond acceptors (Lipinski definition) is 13. The van der Waals surface area contributed by atoms with Gasteiger partial charge in [0.25, 0.3) is 0 Å². The van der Waals surface area contributed by atoms with E-state index in [1.807, 2.05) is 37.3 Å². The van der Waals surface area contributed by atoms with Crippen molar-refractivity contribution in [3.8, 4) is 0 Å². The molecule has 0 fully saturated rings. The van der Waals surface area contributed by atoms with Crippen molar-refractivity contribution in [2.75, 3.05) is 112 Å². The number of hydrogen-bond donors (Lipinski definition) is 10. The fourth-order valence-electron chi connectivity index (χ4n) is 5.04. The standard InChI is InChI=1S/C36H67N11O8/c1-28(6-5-11-45-36(39)40)46-35(51)31(22-29-7-3-2-4-8-29)47-34(50)27-55-26-33(49)44-15-17-53-19-21-54-20-18-52-16-14-43-32(48)23-30(24-41-12-9-37)25-42-13-10-38/h2-4,7-8,28,30-31,41-42H,5-6,9-27,37-38H2,1H3,(H,43,48)(H,44,49)(H,46,51)(H,47,50)(H4,39,40,45)/t28?,31-/m0/s1. The Labute approximate surface area is 325 Å². The topological polar surface area (TPSA) is 294 Å². The van der Waals surface area contributed by atoms with Crippen LogP contribution in [0.3, 0.4) is 0 Å². The fourth-order valence-corrected chi connectivity index (χ4v) is 5.04. The Hall–Kier alpha value is -3.95. The van der Waals surface area contributed by atoms with Crippen LogP contribution in [0.25, 0.3) is 0 Å². The highest BCUT2D eigenvalue weighted by molar-refractivity contribution is 5.88. The molecule has 4 amide bonds. The molecule has 0 radical (unpaired) electrons. The lowest BCUT2D eigenvalue weighted by Crippen LogP contribution is -2.51. The minimum atomic E-state index is -0.839. The maximum atomic E-state index is 13.1. The number of aliphatic imine (C=N–C) groups is 1. The van der Waals surface area contributed by atoms with Crippen LogP contribution in [0.4, 0.5) is 0 Å². The summed E-state index contributed by atoms with van der Waals surface area (Å²) in [6, 6.07) is 8.33. The Balaban J connectivity index is 2.15. The molecule has 0 saturated carbocycles. The summed E-state index contributed by atoms with van der Waals surface area (Å²) in [6.45, 7) is 8.20. The Morgan fingerprint density at radius 1 is 0.709 bits per heavy atom. The first-order chi connectivity index (χ1) is 26.6. The Kier molecular flexibility index (Phi) is 29.8. The summed E-state index contributed by atoms with van der Waals surface area (Å²) >= 11 is 0. The van der Waals surface area contributed by atoms with E-state index >= 15 is 0 Å². The van der Waals surface area contributed by atoms with Crippen molar-refractivity contribution in [3.05, 3.63) is 35.9 Å². The molecule has 0 saturated heterocycles. The minimum Gasteiger partial charge on any atom is -0.377 e. The lowest BCUT2D eigenvalue weighted by Gasteiger charge is -2.21. The van der Waals surface area contributed by atoms with E-state index in [9.17, 15) is 19.2 Å². The predicted octanol–water partition coefficient (Wildman–Crippen LogP) is -3.33. The molecule has 19 nitrogen and oxygen atoms in total. The van der Waals surface area contributed by atoms with Gasteiger partial charge in [-0.25, -0.2) is 0 Å². The van der Waals surface area contributed by atoms with E-state index in [0.29, 0.717) is 105 Å². The van der Waals surface area contributed by atoms with Crippen LogP contribution in [-0.4, -0.2) is 153 Å². The summed E-state index contributed by atoms with van der Waals surface area (Å²) in [6.07, 6.45) is 2.00. The van der Waals surface area contributed by atoms with E-state index in [0.717, 1.165) is 5.56 Å². The van der Waals surface area contributed by atoms with Gasteiger partial charge in [-0.15, -0.1) is 0 Å². The average molecular weight is 782 g/mol. The van der Waals surface area contributed by atoms with Crippen molar-refractivity contribution in [1.82, 2.24) is 31.9 Å². The summed E-state index contributed by atoms with van der Waals surface area (Å²) in [5, 5.41) is 17.7. The van der Waals surface area contributed by atoms with Crippen LogP contribution in [0.2, 0.25) is 0 Å². The van der Waals surface area contributed by atoms with Crippen LogP contribution in [0, 0.1) is 5.92 Å². The molecule has 1 aromatic rings. The van der Waals surface area contributed by atoms with Crippen molar-refractivity contribution in [2.45, 2.75) is 44.7 Å². The van der Waals surface area contributed by atoms with Gasteiger partial charge in [0.05, 0.1) is 39.6 Å². The molecule has 55 heavy (non-hydrogen) atoms. The number of nitrogens with zero attached hydrogens (tertiary/aromatic N) is 1. The highest BCUT2D eigenvalue weighted by Crippen LogP contribution is 2.06. The first-order valence-corrected chi connectivity index (χ1v) is 19.0. The molecule has 0 spiro atoms. The van der Waals surface area contributed by atoms with Gasteiger partial charge >= 0.3 is 0 Å². The summed E-state index contributed by atoms with van der Waals surface area (Å²) in [7, 11) is 0.